The Hall–Kier alpha value is -3.21. The van der Waals surface area contributed by atoms with E-state index >= 15 is 0 Å². The van der Waals surface area contributed by atoms with E-state index in [0.29, 0.717) is 14.8 Å². The minimum Gasteiger partial charge on any atom is -0.619 e. The summed E-state index contributed by atoms with van der Waals surface area (Å²) in [7, 11) is 0. The van der Waals surface area contributed by atoms with Gasteiger partial charge in [-0.05, 0) is 22.0 Å². The molecule has 0 saturated carbocycles. The number of hydrogen-bond donors (Lipinski definition) is 2. The number of nitrogens with zero attached hydrogens (tertiary/aromatic N) is 4. The number of hydrogen-bond acceptors (Lipinski definition) is 8. The van der Waals surface area contributed by atoms with Gasteiger partial charge in [0, 0.05) is 16.6 Å². The van der Waals surface area contributed by atoms with Crippen molar-refractivity contribution in [3.05, 3.63) is 50.4 Å². The molecule has 1 aromatic carbocycles. The summed E-state index contributed by atoms with van der Waals surface area (Å²) in [6, 6.07) is 3.53. The van der Waals surface area contributed by atoms with Crippen molar-refractivity contribution in [2.75, 3.05) is 0 Å². The molecule has 24 heavy (non-hydrogen) atoms. The van der Waals surface area contributed by atoms with Crippen LogP contribution in [0.2, 0.25) is 0 Å². The number of phenolic OH excluding ortho intramolecular Hbond substituents is 2. The van der Waals surface area contributed by atoms with Crippen molar-refractivity contribution in [3.8, 4) is 34.3 Å². The molecule has 2 aromatic heterocycles. The molecule has 0 radical (unpaired) electrons. The lowest BCUT2D eigenvalue weighted by atomic mass is 10.1. The number of nitro groups is 1. The van der Waals surface area contributed by atoms with E-state index in [1.165, 1.54) is 18.5 Å². The van der Waals surface area contributed by atoms with Crippen LogP contribution in [0, 0.1) is 15.3 Å². The maximum atomic E-state index is 11.4. The molecule has 0 atom stereocenters. The smallest absolute Gasteiger partial charge is 0.315 e. The Morgan fingerprint density at radius 2 is 2.08 bits per heavy atom. The highest BCUT2D eigenvalue weighted by Crippen LogP contribution is 2.39. The van der Waals surface area contributed by atoms with Gasteiger partial charge in [-0.25, -0.2) is 0 Å². The highest BCUT2D eigenvalue weighted by Gasteiger charge is 2.23. The average molecular weight is 395 g/mol. The van der Waals surface area contributed by atoms with Crippen LogP contribution in [0.1, 0.15) is 0 Å². The summed E-state index contributed by atoms with van der Waals surface area (Å²) in [4.78, 5) is 14.1. The molecule has 0 spiro atoms. The van der Waals surface area contributed by atoms with Gasteiger partial charge in [-0.1, -0.05) is 5.16 Å². The zero-order valence-electron chi connectivity index (χ0n) is 11.6. The molecule has 0 aliphatic heterocycles. The first kappa shape index (κ1) is 15.7. The molecule has 0 bridgehead atoms. The number of aromatic hydroxyl groups is 2. The number of nitro benzene ring substituents is 1. The molecular weight excluding hydrogens is 388 g/mol. The average Bonchev–Trinajstić information content (AvgIpc) is 3.01. The second-order valence-electron chi connectivity index (χ2n) is 4.61. The fourth-order valence-electron chi connectivity index (χ4n) is 1.94. The predicted octanol–water partition coefficient (Wildman–Crippen LogP) is 2.12. The summed E-state index contributed by atoms with van der Waals surface area (Å²) in [5.74, 6) is -1.62. The molecule has 2 N–H and O–H groups in total. The van der Waals surface area contributed by atoms with Crippen LogP contribution in [-0.2, 0) is 0 Å². The van der Waals surface area contributed by atoms with Crippen LogP contribution in [0.4, 0.5) is 5.69 Å². The van der Waals surface area contributed by atoms with Crippen molar-refractivity contribution in [2.24, 2.45) is 0 Å². The second kappa shape index (κ2) is 5.77. The van der Waals surface area contributed by atoms with E-state index in [1.54, 1.807) is 0 Å². The van der Waals surface area contributed by atoms with Gasteiger partial charge < -0.3 is 19.9 Å². The molecule has 0 amide bonds. The third-order valence-corrected chi connectivity index (χ3v) is 3.75. The molecule has 0 fully saturated rings. The fourth-order valence-corrected chi connectivity index (χ4v) is 2.34. The van der Waals surface area contributed by atoms with E-state index in [2.05, 4.69) is 26.1 Å². The molecule has 11 heteroatoms. The summed E-state index contributed by atoms with van der Waals surface area (Å²) >= 11 is 3.25. The summed E-state index contributed by atoms with van der Waals surface area (Å²) in [5.41, 5.74) is -0.319. The molecule has 10 nitrogen and oxygen atoms in total. The quantitative estimate of drug-likeness (QED) is 0.225. The van der Waals surface area contributed by atoms with Crippen molar-refractivity contribution < 1.29 is 24.4 Å². The highest BCUT2D eigenvalue weighted by molar-refractivity contribution is 9.10. The third-order valence-electron chi connectivity index (χ3n) is 3.06. The van der Waals surface area contributed by atoms with Crippen molar-refractivity contribution in [2.45, 2.75) is 0 Å². The lowest BCUT2D eigenvalue weighted by Gasteiger charge is -2.01. The summed E-state index contributed by atoms with van der Waals surface area (Å²) in [6.07, 6.45) is 2.49. The van der Waals surface area contributed by atoms with Gasteiger partial charge in [-0.3, -0.25) is 10.1 Å². The Bertz CT molecular complexity index is 958. The molecule has 122 valence electrons. The van der Waals surface area contributed by atoms with E-state index in [4.69, 9.17) is 4.52 Å². The molecule has 3 rings (SSSR count). The number of aromatic nitrogens is 3. The molecule has 0 aliphatic rings. The van der Waals surface area contributed by atoms with Crippen LogP contribution < -0.4 is 4.73 Å². The van der Waals surface area contributed by atoms with Crippen molar-refractivity contribution in [1.82, 2.24) is 10.1 Å². The first-order valence-electron chi connectivity index (χ1n) is 6.30. The van der Waals surface area contributed by atoms with Crippen LogP contribution >= 0.6 is 15.9 Å². The van der Waals surface area contributed by atoms with Crippen LogP contribution in [0.5, 0.6) is 11.5 Å². The molecule has 0 aliphatic carbocycles. The van der Waals surface area contributed by atoms with Crippen LogP contribution in [0.25, 0.3) is 22.8 Å². The fraction of sp³-hybridized carbons (Fsp3) is 0. The first-order valence-corrected chi connectivity index (χ1v) is 7.09. The molecule has 2 heterocycles. The Morgan fingerprint density at radius 3 is 2.79 bits per heavy atom. The zero-order chi connectivity index (χ0) is 17.4. The van der Waals surface area contributed by atoms with E-state index in [-0.39, 0.29) is 17.3 Å². The zero-order valence-corrected chi connectivity index (χ0v) is 13.2. The maximum absolute atomic E-state index is 11.4. The Labute approximate surface area is 141 Å². The van der Waals surface area contributed by atoms with E-state index in [9.17, 15) is 25.5 Å². The summed E-state index contributed by atoms with van der Waals surface area (Å²) in [6.45, 7) is 0. The minimum absolute atomic E-state index is 0.0396. The monoisotopic (exact) mass is 394 g/mol. The number of phenols is 2. The third kappa shape index (κ3) is 2.72. The number of pyridine rings is 1. The minimum atomic E-state index is -0.860. The number of halogens is 1. The molecular formula is C13H7BrN4O6. The second-order valence-corrected chi connectivity index (χ2v) is 5.46. The topological polar surface area (TPSA) is 149 Å². The number of rotatable bonds is 3. The largest absolute Gasteiger partial charge is 0.619 e. The Morgan fingerprint density at radius 1 is 1.33 bits per heavy atom. The lowest BCUT2D eigenvalue weighted by molar-refractivity contribution is -0.604. The summed E-state index contributed by atoms with van der Waals surface area (Å²) < 4.78 is 6.11. The van der Waals surface area contributed by atoms with Crippen LogP contribution in [-0.4, -0.2) is 25.3 Å². The lowest BCUT2D eigenvalue weighted by Crippen LogP contribution is -2.24. The van der Waals surface area contributed by atoms with E-state index in [1.807, 2.05) is 0 Å². The van der Waals surface area contributed by atoms with Gasteiger partial charge in [0.15, 0.2) is 18.1 Å². The van der Waals surface area contributed by atoms with Gasteiger partial charge >= 0.3 is 5.69 Å². The Kier molecular flexibility index (Phi) is 3.77. The number of benzene rings is 1. The van der Waals surface area contributed by atoms with Gasteiger partial charge in [-0.2, -0.15) is 9.71 Å². The summed E-state index contributed by atoms with van der Waals surface area (Å²) in [5, 5.41) is 45.1. The maximum Gasteiger partial charge on any atom is 0.315 e. The molecule has 0 unspecified atom stereocenters. The van der Waals surface area contributed by atoms with Crippen molar-refractivity contribution in [1.29, 1.82) is 0 Å². The van der Waals surface area contributed by atoms with E-state index in [0.717, 1.165) is 12.1 Å². The molecule has 0 saturated heterocycles. The van der Waals surface area contributed by atoms with Crippen molar-refractivity contribution in [3.63, 3.8) is 0 Å². The predicted molar refractivity (Wildman–Crippen MR) is 81.8 cm³/mol. The molecule has 3 aromatic rings. The highest BCUT2D eigenvalue weighted by atomic mass is 79.9. The van der Waals surface area contributed by atoms with Gasteiger partial charge in [0.2, 0.25) is 11.6 Å². The van der Waals surface area contributed by atoms with Gasteiger partial charge in [0.1, 0.15) is 5.56 Å². The Balaban J connectivity index is 2.08. The van der Waals surface area contributed by atoms with Gasteiger partial charge in [0.25, 0.3) is 5.89 Å². The van der Waals surface area contributed by atoms with Crippen molar-refractivity contribution >= 4 is 21.6 Å². The van der Waals surface area contributed by atoms with Gasteiger partial charge in [-0.15, -0.1) is 0 Å². The first-order chi connectivity index (χ1) is 11.4. The van der Waals surface area contributed by atoms with E-state index < -0.39 is 22.1 Å². The SMILES string of the molecule is O=[N+]([O-])c1cc(-c2nc(-c3c[n+]([O-])ccc3Br)no2)cc(O)c1O. The van der Waals surface area contributed by atoms with Crippen LogP contribution in [0.3, 0.4) is 0 Å². The van der Waals surface area contributed by atoms with Crippen LogP contribution in [0.15, 0.2) is 39.6 Å². The normalized spacial score (nSPS) is 10.7. The standard InChI is InChI=1S/C13H7BrN4O6/c14-8-1-2-17(21)5-7(8)12-15-13(24-16-12)6-3-9(18(22)23)11(20)10(19)4-6/h1-5,19-20H. The van der Waals surface area contributed by atoms with Gasteiger partial charge in [0.05, 0.1) is 10.5 Å².